The van der Waals surface area contributed by atoms with Crippen LogP contribution < -0.4 is 18.9 Å². The molecule has 8 heteroatoms. The predicted octanol–water partition coefficient (Wildman–Crippen LogP) is 11.9. The molecule has 0 aliphatic carbocycles. The molecule has 0 spiro atoms. The van der Waals surface area contributed by atoms with E-state index in [0.29, 0.717) is 13.2 Å². The minimum atomic E-state index is 0.682. The molecule has 0 radical (unpaired) electrons. The van der Waals surface area contributed by atoms with Crippen LogP contribution in [0.1, 0.15) is 65.2 Å². The molecule has 0 aromatic heterocycles. The highest BCUT2D eigenvalue weighted by molar-refractivity contribution is 5.45. The lowest BCUT2D eigenvalue weighted by molar-refractivity contribution is 0.287. The molecule has 0 saturated heterocycles. The summed E-state index contributed by atoms with van der Waals surface area (Å²) in [6, 6.07) is 30.7. The van der Waals surface area contributed by atoms with Gasteiger partial charge in [0.05, 0.1) is 49.2 Å². The molecule has 0 bridgehead atoms. The zero-order chi connectivity index (χ0) is 32.1. The topological polar surface area (TPSA) is 86.4 Å². The molecule has 0 aliphatic heterocycles. The lowest BCUT2D eigenvalue weighted by Gasteiger charge is -2.08. The SMILES string of the molecule is CCCCOc1ccc(N=Nc2ccc(OCCCCCCOc3ccc(N=Nc4ccc(OCCCC)cc4)cc3)cc2)cc1. The summed E-state index contributed by atoms with van der Waals surface area (Å²) in [4.78, 5) is 0. The average Bonchev–Trinajstić information content (AvgIpc) is 3.10. The molecular weight excluding hydrogens is 576 g/mol. The van der Waals surface area contributed by atoms with Crippen molar-refractivity contribution in [1.82, 2.24) is 0 Å². The van der Waals surface area contributed by atoms with Crippen LogP contribution in [0.15, 0.2) is 118 Å². The van der Waals surface area contributed by atoms with Crippen LogP contribution in [0.5, 0.6) is 23.0 Å². The molecule has 4 rings (SSSR count). The summed E-state index contributed by atoms with van der Waals surface area (Å²) in [5, 5.41) is 17.3. The molecule has 0 aliphatic rings. The summed E-state index contributed by atoms with van der Waals surface area (Å²) in [6.45, 7) is 7.13. The first-order valence-corrected chi connectivity index (χ1v) is 16.5. The smallest absolute Gasteiger partial charge is 0.119 e. The third kappa shape index (κ3) is 13.1. The van der Waals surface area contributed by atoms with Crippen molar-refractivity contribution in [2.24, 2.45) is 20.5 Å². The highest BCUT2D eigenvalue weighted by Gasteiger charge is 2.00. The Labute approximate surface area is 273 Å². The molecular formula is C38H46N4O4. The lowest BCUT2D eigenvalue weighted by Crippen LogP contribution is -1.99. The molecule has 0 unspecified atom stereocenters. The van der Waals surface area contributed by atoms with Crippen molar-refractivity contribution in [3.63, 3.8) is 0 Å². The number of benzene rings is 4. The van der Waals surface area contributed by atoms with Crippen molar-refractivity contribution in [2.45, 2.75) is 65.2 Å². The Morgan fingerprint density at radius 2 is 0.565 bits per heavy atom. The molecule has 0 heterocycles. The van der Waals surface area contributed by atoms with Crippen LogP contribution in [0, 0.1) is 0 Å². The van der Waals surface area contributed by atoms with Gasteiger partial charge < -0.3 is 18.9 Å². The van der Waals surface area contributed by atoms with Gasteiger partial charge in [-0.2, -0.15) is 20.5 Å². The van der Waals surface area contributed by atoms with E-state index in [4.69, 9.17) is 18.9 Å². The molecule has 0 saturated carbocycles. The first-order chi connectivity index (χ1) is 22.7. The Bertz CT molecular complexity index is 1330. The summed E-state index contributed by atoms with van der Waals surface area (Å²) >= 11 is 0. The van der Waals surface area contributed by atoms with Gasteiger partial charge in [-0.1, -0.05) is 26.7 Å². The van der Waals surface area contributed by atoms with Crippen molar-refractivity contribution >= 4 is 22.7 Å². The van der Waals surface area contributed by atoms with Crippen molar-refractivity contribution in [1.29, 1.82) is 0 Å². The lowest BCUT2D eigenvalue weighted by atomic mass is 10.2. The van der Waals surface area contributed by atoms with Gasteiger partial charge in [-0.3, -0.25) is 0 Å². The van der Waals surface area contributed by atoms with E-state index in [9.17, 15) is 0 Å². The van der Waals surface area contributed by atoms with Gasteiger partial charge in [0, 0.05) is 0 Å². The minimum absolute atomic E-state index is 0.682. The number of ether oxygens (including phenoxy) is 4. The van der Waals surface area contributed by atoms with Gasteiger partial charge in [0.2, 0.25) is 0 Å². The van der Waals surface area contributed by atoms with E-state index >= 15 is 0 Å². The van der Waals surface area contributed by atoms with Gasteiger partial charge in [-0.05, 0) is 136 Å². The predicted molar refractivity (Wildman–Crippen MR) is 184 cm³/mol. The van der Waals surface area contributed by atoms with Crippen LogP contribution >= 0.6 is 0 Å². The van der Waals surface area contributed by atoms with E-state index in [1.807, 2.05) is 97.1 Å². The highest BCUT2D eigenvalue weighted by atomic mass is 16.5. The second-order valence-corrected chi connectivity index (χ2v) is 10.9. The monoisotopic (exact) mass is 622 g/mol. The Kier molecular flexibility index (Phi) is 15.1. The van der Waals surface area contributed by atoms with Crippen molar-refractivity contribution in [3.8, 4) is 23.0 Å². The number of nitrogens with zero attached hydrogens (tertiary/aromatic N) is 4. The molecule has 0 amide bonds. The van der Waals surface area contributed by atoms with Crippen molar-refractivity contribution < 1.29 is 18.9 Å². The fourth-order valence-corrected chi connectivity index (χ4v) is 4.27. The molecule has 8 nitrogen and oxygen atoms in total. The van der Waals surface area contributed by atoms with Gasteiger partial charge in [0.1, 0.15) is 23.0 Å². The number of hydrogen-bond donors (Lipinski definition) is 0. The summed E-state index contributed by atoms with van der Waals surface area (Å²) in [6.07, 6.45) is 8.50. The average molecular weight is 623 g/mol. The molecule has 4 aromatic carbocycles. The van der Waals surface area contributed by atoms with Crippen molar-refractivity contribution in [3.05, 3.63) is 97.1 Å². The van der Waals surface area contributed by atoms with Gasteiger partial charge in [-0.25, -0.2) is 0 Å². The second-order valence-electron chi connectivity index (χ2n) is 10.9. The second kappa shape index (κ2) is 20.3. The maximum Gasteiger partial charge on any atom is 0.119 e. The van der Waals surface area contributed by atoms with E-state index in [1.54, 1.807) is 0 Å². The summed E-state index contributed by atoms with van der Waals surface area (Å²) in [5.74, 6) is 3.39. The molecule has 46 heavy (non-hydrogen) atoms. The highest BCUT2D eigenvalue weighted by Crippen LogP contribution is 2.25. The standard InChI is InChI=1S/C38H46N4O4/c1-3-5-27-43-35-19-11-31(12-20-35)39-41-33-15-23-37(24-16-33)45-29-9-7-8-10-30-46-38-25-17-34(18-26-38)42-40-32-13-21-36(22-14-32)44-28-6-4-2/h11-26H,3-10,27-30H2,1-2H3. The van der Waals surface area contributed by atoms with Gasteiger partial charge in [0.15, 0.2) is 0 Å². The molecule has 0 N–H and O–H groups in total. The zero-order valence-electron chi connectivity index (χ0n) is 27.1. The van der Waals surface area contributed by atoms with Crippen LogP contribution in [0.25, 0.3) is 0 Å². The molecule has 242 valence electrons. The van der Waals surface area contributed by atoms with Gasteiger partial charge >= 0.3 is 0 Å². The largest absolute Gasteiger partial charge is 0.494 e. The normalized spacial score (nSPS) is 11.3. The first-order valence-electron chi connectivity index (χ1n) is 16.5. The maximum absolute atomic E-state index is 5.90. The van der Waals surface area contributed by atoms with Crippen LogP contribution in [0.2, 0.25) is 0 Å². The third-order valence-electron chi connectivity index (χ3n) is 7.02. The Morgan fingerprint density at radius 3 is 0.804 bits per heavy atom. The minimum Gasteiger partial charge on any atom is -0.494 e. The fourth-order valence-electron chi connectivity index (χ4n) is 4.27. The number of rotatable bonds is 21. The zero-order valence-corrected chi connectivity index (χ0v) is 27.1. The maximum atomic E-state index is 5.90. The first kappa shape index (κ1) is 34.2. The van der Waals surface area contributed by atoms with Gasteiger partial charge in [-0.15, -0.1) is 0 Å². The summed E-state index contributed by atoms with van der Waals surface area (Å²) in [7, 11) is 0. The number of azo groups is 2. The Hall–Kier alpha value is -4.72. The van der Waals surface area contributed by atoms with E-state index in [1.165, 1.54) is 0 Å². The van der Waals surface area contributed by atoms with E-state index in [-0.39, 0.29) is 0 Å². The van der Waals surface area contributed by atoms with Crippen LogP contribution in [-0.2, 0) is 0 Å². The van der Waals surface area contributed by atoms with E-state index in [0.717, 1.165) is 110 Å². The molecule has 4 aromatic rings. The molecule has 0 fully saturated rings. The molecule has 0 atom stereocenters. The quantitative estimate of drug-likeness (QED) is 0.0683. The van der Waals surface area contributed by atoms with Crippen molar-refractivity contribution in [2.75, 3.05) is 26.4 Å². The Balaban J connectivity index is 1.04. The number of unbranched alkanes of at least 4 members (excludes halogenated alkanes) is 5. The third-order valence-corrected chi connectivity index (χ3v) is 7.02. The van der Waals surface area contributed by atoms with E-state index in [2.05, 4.69) is 34.3 Å². The van der Waals surface area contributed by atoms with E-state index < -0.39 is 0 Å². The van der Waals surface area contributed by atoms with Gasteiger partial charge in [0.25, 0.3) is 0 Å². The van der Waals surface area contributed by atoms with Crippen LogP contribution in [0.4, 0.5) is 22.7 Å². The van der Waals surface area contributed by atoms with Crippen LogP contribution in [0.3, 0.4) is 0 Å². The summed E-state index contributed by atoms with van der Waals surface area (Å²) in [5.41, 5.74) is 3.14. The summed E-state index contributed by atoms with van der Waals surface area (Å²) < 4.78 is 23.2. The Morgan fingerprint density at radius 1 is 0.326 bits per heavy atom. The van der Waals surface area contributed by atoms with Crippen LogP contribution in [-0.4, -0.2) is 26.4 Å². The fraction of sp³-hybridized carbons (Fsp3) is 0.368. The number of hydrogen-bond acceptors (Lipinski definition) is 8.